The molecule has 36 heavy (non-hydrogen) atoms. The number of imidazole rings is 1. The summed E-state index contributed by atoms with van der Waals surface area (Å²) in [6.45, 7) is 0. The average molecular weight is 512 g/mol. The third-order valence-corrected chi connectivity index (χ3v) is 10.3. The second kappa shape index (κ2) is 9.28. The lowest BCUT2D eigenvalue weighted by Crippen LogP contribution is -2.46. The van der Waals surface area contributed by atoms with Crippen molar-refractivity contribution in [2.45, 2.75) is 94.3 Å². The number of aryl methyl sites for hydroxylation is 1. The molecule has 0 spiro atoms. The normalized spacial score (nSPS) is 30.0. The fourth-order valence-corrected chi connectivity index (χ4v) is 8.81. The van der Waals surface area contributed by atoms with Crippen LogP contribution in [0.15, 0.2) is 29.2 Å². The number of aromatic nitrogens is 2. The van der Waals surface area contributed by atoms with Crippen LogP contribution in [0.1, 0.15) is 105 Å². The number of H-pyrrole nitrogens is 1. The Morgan fingerprint density at radius 3 is 2.36 bits per heavy atom. The zero-order valence-corrected chi connectivity index (χ0v) is 21.7. The molecule has 0 atom stereocenters. The number of aromatic amines is 1. The minimum absolute atomic E-state index is 0.243. The highest BCUT2D eigenvalue weighted by Crippen LogP contribution is 2.61. The smallest absolute Gasteiger partial charge is 0.294 e. The monoisotopic (exact) mass is 511 g/mol. The van der Waals surface area contributed by atoms with Crippen molar-refractivity contribution in [1.29, 1.82) is 0 Å². The molecule has 0 saturated heterocycles. The van der Waals surface area contributed by atoms with Crippen LogP contribution in [0.2, 0.25) is 0 Å². The molecule has 7 nitrogen and oxygen atoms in total. The summed E-state index contributed by atoms with van der Waals surface area (Å²) in [5.74, 6) is 3.64. The SMILES string of the molecule is O=C(Nc1cccc(S(=O)(=O)O)c1)c1nc(C2CCCCC2)[nH]c1CCC12CC3CC(CC(C3)C1)C2. The van der Waals surface area contributed by atoms with Gasteiger partial charge in [0.05, 0.1) is 4.90 Å². The van der Waals surface area contributed by atoms with Gasteiger partial charge < -0.3 is 10.3 Å². The molecule has 8 heteroatoms. The lowest BCUT2D eigenvalue weighted by Gasteiger charge is -2.57. The Kier molecular flexibility index (Phi) is 6.23. The van der Waals surface area contributed by atoms with Crippen LogP contribution >= 0.6 is 0 Å². The molecule has 1 heterocycles. The van der Waals surface area contributed by atoms with E-state index in [0.717, 1.165) is 55.0 Å². The Morgan fingerprint density at radius 2 is 1.72 bits per heavy atom. The number of carbonyl (C=O) groups excluding carboxylic acids is 1. The third kappa shape index (κ3) is 4.86. The van der Waals surface area contributed by atoms with Crippen molar-refractivity contribution in [3.8, 4) is 0 Å². The van der Waals surface area contributed by atoms with E-state index in [1.54, 1.807) is 6.07 Å². The average Bonchev–Trinajstić information content (AvgIpc) is 3.27. The molecule has 4 bridgehead atoms. The van der Waals surface area contributed by atoms with Crippen molar-refractivity contribution < 1.29 is 17.8 Å². The molecule has 5 fully saturated rings. The number of rotatable bonds is 7. The maximum Gasteiger partial charge on any atom is 0.294 e. The first-order valence-corrected chi connectivity index (χ1v) is 15.2. The van der Waals surface area contributed by atoms with Gasteiger partial charge in [0.2, 0.25) is 0 Å². The van der Waals surface area contributed by atoms with Crippen LogP contribution in [0, 0.1) is 23.2 Å². The molecule has 1 amide bonds. The van der Waals surface area contributed by atoms with E-state index >= 15 is 0 Å². The molecule has 1 aromatic heterocycles. The highest BCUT2D eigenvalue weighted by atomic mass is 32.2. The number of benzene rings is 1. The van der Waals surface area contributed by atoms with Crippen molar-refractivity contribution in [2.75, 3.05) is 5.32 Å². The van der Waals surface area contributed by atoms with Gasteiger partial charge in [-0.25, -0.2) is 4.98 Å². The molecular weight excluding hydrogens is 474 g/mol. The molecule has 2 aromatic rings. The number of nitrogens with one attached hydrogen (secondary N) is 2. The number of hydrogen-bond acceptors (Lipinski definition) is 4. The van der Waals surface area contributed by atoms with Gasteiger partial charge in [0.15, 0.2) is 0 Å². The highest BCUT2D eigenvalue weighted by molar-refractivity contribution is 7.85. The minimum Gasteiger partial charge on any atom is -0.345 e. The Labute approximate surface area is 213 Å². The zero-order valence-electron chi connectivity index (χ0n) is 20.8. The Balaban J connectivity index is 1.24. The Bertz CT molecular complexity index is 1210. The quantitative estimate of drug-likeness (QED) is 0.389. The maximum absolute atomic E-state index is 13.4. The van der Waals surface area contributed by atoms with Gasteiger partial charge in [-0.3, -0.25) is 9.35 Å². The number of anilines is 1. The predicted octanol–water partition coefficient (Wildman–Crippen LogP) is 6.11. The van der Waals surface area contributed by atoms with Crippen molar-refractivity contribution in [2.24, 2.45) is 23.2 Å². The van der Waals surface area contributed by atoms with Crippen LogP contribution in [-0.2, 0) is 16.5 Å². The molecule has 5 saturated carbocycles. The zero-order chi connectivity index (χ0) is 24.9. The van der Waals surface area contributed by atoms with Gasteiger partial charge in [-0.15, -0.1) is 0 Å². The van der Waals surface area contributed by atoms with Crippen LogP contribution in [0.5, 0.6) is 0 Å². The van der Waals surface area contributed by atoms with E-state index in [4.69, 9.17) is 4.98 Å². The molecule has 194 valence electrons. The summed E-state index contributed by atoms with van der Waals surface area (Å²) in [5.41, 5.74) is 2.08. The summed E-state index contributed by atoms with van der Waals surface area (Å²) in [7, 11) is -4.35. The van der Waals surface area contributed by atoms with Crippen molar-refractivity contribution in [3.05, 3.63) is 41.5 Å². The van der Waals surface area contributed by atoms with E-state index in [0.29, 0.717) is 22.7 Å². The maximum atomic E-state index is 13.4. The number of nitrogens with zero attached hydrogens (tertiary/aromatic N) is 1. The van der Waals surface area contributed by atoms with Gasteiger partial charge in [-0.05, 0) is 106 Å². The molecule has 7 rings (SSSR count). The van der Waals surface area contributed by atoms with E-state index in [-0.39, 0.29) is 10.8 Å². The first-order chi connectivity index (χ1) is 17.3. The van der Waals surface area contributed by atoms with Gasteiger partial charge in [-0.2, -0.15) is 8.42 Å². The molecule has 3 N–H and O–H groups in total. The molecule has 5 aliphatic carbocycles. The van der Waals surface area contributed by atoms with Gasteiger partial charge in [-0.1, -0.05) is 25.3 Å². The first kappa shape index (κ1) is 24.2. The fourth-order valence-electron chi connectivity index (χ4n) is 8.28. The summed E-state index contributed by atoms with van der Waals surface area (Å²) in [6, 6.07) is 5.70. The van der Waals surface area contributed by atoms with E-state index in [9.17, 15) is 17.8 Å². The Hall–Kier alpha value is -2.19. The number of carbonyl (C=O) groups is 1. The van der Waals surface area contributed by atoms with Gasteiger partial charge in [0.1, 0.15) is 11.5 Å². The largest absolute Gasteiger partial charge is 0.345 e. The topological polar surface area (TPSA) is 112 Å². The third-order valence-electron chi connectivity index (χ3n) is 9.46. The van der Waals surface area contributed by atoms with Crippen molar-refractivity contribution in [3.63, 3.8) is 0 Å². The minimum atomic E-state index is -4.35. The lowest BCUT2D eigenvalue weighted by molar-refractivity contribution is -0.0570. The van der Waals surface area contributed by atoms with E-state index in [1.807, 2.05) is 0 Å². The number of amides is 1. The van der Waals surface area contributed by atoms with Crippen LogP contribution in [0.3, 0.4) is 0 Å². The molecule has 0 unspecified atom stereocenters. The summed E-state index contributed by atoms with van der Waals surface area (Å²) in [4.78, 5) is 21.6. The van der Waals surface area contributed by atoms with Gasteiger partial charge in [0.25, 0.3) is 16.0 Å². The van der Waals surface area contributed by atoms with Crippen LogP contribution < -0.4 is 5.32 Å². The fraction of sp³-hybridized carbons (Fsp3) is 0.643. The standard InChI is InChI=1S/C28H37N3O4S/c32-27(29-22-7-4-8-23(14-22)36(33,34)35)25-24(30-26(31-25)21-5-2-1-3-6-21)9-10-28-15-18-11-19(16-28)13-20(12-18)17-28/h4,7-8,14,18-21H,1-3,5-6,9-13,15-17H2,(H,29,32)(H,30,31)(H,33,34,35). The van der Waals surface area contributed by atoms with Crippen LogP contribution in [0.4, 0.5) is 5.69 Å². The number of hydrogen-bond donors (Lipinski definition) is 3. The Morgan fingerprint density at radius 1 is 1.06 bits per heavy atom. The van der Waals surface area contributed by atoms with E-state index in [2.05, 4.69) is 10.3 Å². The highest BCUT2D eigenvalue weighted by Gasteiger charge is 2.50. The van der Waals surface area contributed by atoms with Crippen LogP contribution in [0.25, 0.3) is 0 Å². The van der Waals surface area contributed by atoms with Gasteiger partial charge >= 0.3 is 0 Å². The molecule has 5 aliphatic rings. The molecule has 0 radical (unpaired) electrons. The second-order valence-electron chi connectivity index (χ2n) is 12.2. The van der Waals surface area contributed by atoms with Crippen molar-refractivity contribution in [1.82, 2.24) is 9.97 Å². The first-order valence-electron chi connectivity index (χ1n) is 13.7. The van der Waals surface area contributed by atoms with Crippen LogP contribution in [-0.4, -0.2) is 28.8 Å². The predicted molar refractivity (Wildman–Crippen MR) is 138 cm³/mol. The molecule has 0 aliphatic heterocycles. The summed E-state index contributed by atoms with van der Waals surface area (Å²) >= 11 is 0. The molecule has 1 aromatic carbocycles. The summed E-state index contributed by atoms with van der Waals surface area (Å²) in [5, 5.41) is 2.82. The summed E-state index contributed by atoms with van der Waals surface area (Å²) < 4.78 is 32.5. The van der Waals surface area contributed by atoms with Crippen molar-refractivity contribution >= 4 is 21.7 Å². The summed E-state index contributed by atoms with van der Waals surface area (Å²) in [6.07, 6.45) is 16.0. The van der Waals surface area contributed by atoms with E-state index in [1.165, 1.54) is 76.0 Å². The van der Waals surface area contributed by atoms with Gasteiger partial charge in [0, 0.05) is 17.3 Å². The second-order valence-corrected chi connectivity index (χ2v) is 13.6. The lowest BCUT2D eigenvalue weighted by atomic mass is 9.48. The van der Waals surface area contributed by atoms with E-state index < -0.39 is 10.1 Å². The molecular formula is C28H37N3O4S.